The van der Waals surface area contributed by atoms with E-state index in [1.54, 1.807) is 14.1 Å². The quantitative estimate of drug-likeness (QED) is 0.693. The van der Waals surface area contributed by atoms with Gasteiger partial charge in [-0.1, -0.05) is 32.4 Å². The Labute approximate surface area is 138 Å². The van der Waals surface area contributed by atoms with Gasteiger partial charge in [0, 0.05) is 6.54 Å². The summed E-state index contributed by atoms with van der Waals surface area (Å²) in [5.41, 5.74) is 0.0934. The molecule has 0 bridgehead atoms. The van der Waals surface area contributed by atoms with E-state index in [1.165, 1.54) is 4.90 Å². The molecule has 0 saturated carbocycles. The fraction of sp³-hybridized carbons (Fsp3) is 0.600. The first-order chi connectivity index (χ1) is 8.41. The first kappa shape index (κ1) is 18.3. The van der Waals surface area contributed by atoms with Gasteiger partial charge in [0.25, 0.3) is 5.91 Å². The maximum atomic E-state index is 11.8. The van der Waals surface area contributed by atoms with Crippen LogP contribution in [0.4, 0.5) is 9.80 Å². The van der Waals surface area contributed by atoms with Crippen LogP contribution in [0.5, 0.6) is 0 Å². The van der Waals surface area contributed by atoms with Crippen molar-refractivity contribution >= 4 is 28.5 Å². The molecule has 0 spiro atoms. The van der Waals surface area contributed by atoms with E-state index in [1.807, 2.05) is 13.8 Å². The van der Waals surface area contributed by atoms with Crippen LogP contribution in [0.15, 0.2) is 0 Å². The van der Waals surface area contributed by atoms with Gasteiger partial charge in [0.1, 0.15) is 0 Å². The van der Waals surface area contributed by atoms with Crippen LogP contribution in [0.3, 0.4) is 0 Å². The summed E-state index contributed by atoms with van der Waals surface area (Å²) in [5.74, 6) is -0.0212. The van der Waals surface area contributed by atoms with Crippen molar-refractivity contribution in [3.63, 3.8) is 0 Å². The number of nitrogens with zero attached hydrogens (tertiary/aromatic N) is 4. The number of hydrogen-bond donors (Lipinski definition) is 1. The molecule has 100 valence electrons. The summed E-state index contributed by atoms with van der Waals surface area (Å²) in [5, 5.41) is 10.4. The van der Waals surface area contributed by atoms with Crippen molar-refractivity contribution < 1.29 is 39.1 Å². The Bertz CT molecular complexity index is 435. The van der Waals surface area contributed by atoms with Gasteiger partial charge in [0.15, 0.2) is 11.7 Å². The number of carbonyl (C=O) groups excluding carboxylic acids is 2. The Hall–Kier alpha value is -0.700. The Morgan fingerprint density at radius 2 is 2.05 bits per heavy atom. The van der Waals surface area contributed by atoms with Crippen molar-refractivity contribution in [2.24, 2.45) is 5.92 Å². The molecular formula is C10H16N5NaO2S. The number of hydrogen-bond acceptors (Lipinski definition) is 5. The Morgan fingerprint density at radius 1 is 1.42 bits per heavy atom. The van der Waals surface area contributed by atoms with Crippen molar-refractivity contribution in [3.8, 4) is 0 Å². The van der Waals surface area contributed by atoms with Gasteiger partial charge in [-0.05, 0) is 17.5 Å². The summed E-state index contributed by atoms with van der Waals surface area (Å²) < 4.78 is 3.65. The molecule has 0 aliphatic heterocycles. The maximum absolute atomic E-state index is 11.8. The van der Waals surface area contributed by atoms with E-state index >= 15 is 0 Å². The minimum Gasteiger partial charge on any atom is -0.442 e. The molecule has 0 aromatic carbocycles. The van der Waals surface area contributed by atoms with Crippen LogP contribution >= 0.6 is 11.5 Å². The van der Waals surface area contributed by atoms with Gasteiger partial charge in [-0.2, -0.15) is 0 Å². The molecule has 1 N–H and O–H groups in total. The average Bonchev–Trinajstić information content (AvgIpc) is 2.73. The molecule has 0 saturated heterocycles. The fourth-order valence-corrected chi connectivity index (χ4v) is 1.51. The molecule has 0 aliphatic rings. The van der Waals surface area contributed by atoms with E-state index in [-0.39, 0.29) is 46.2 Å². The maximum Gasteiger partial charge on any atom is 1.00 e. The van der Waals surface area contributed by atoms with E-state index in [2.05, 4.69) is 20.2 Å². The van der Waals surface area contributed by atoms with Gasteiger partial charge >= 0.3 is 29.6 Å². The SMILES string of the molecule is CC(C)CNC(=O)c1nnsc1[N-]C(=O)N(C)C.[Na+]. The van der Waals surface area contributed by atoms with E-state index in [0.717, 1.165) is 11.5 Å². The number of nitrogens with one attached hydrogen (secondary N) is 1. The Morgan fingerprint density at radius 3 is 2.58 bits per heavy atom. The minimum absolute atomic E-state index is 0. The molecule has 1 aromatic rings. The van der Waals surface area contributed by atoms with Crippen LogP contribution in [0.1, 0.15) is 24.3 Å². The Balaban J connectivity index is 0.00000324. The van der Waals surface area contributed by atoms with Gasteiger partial charge in [-0.3, -0.25) is 9.59 Å². The second kappa shape index (κ2) is 8.47. The Kier molecular flexibility index (Phi) is 8.15. The van der Waals surface area contributed by atoms with Crippen molar-refractivity contribution in [2.45, 2.75) is 13.8 Å². The van der Waals surface area contributed by atoms with Crippen LogP contribution in [0, 0.1) is 5.92 Å². The smallest absolute Gasteiger partial charge is 0.442 e. The largest absolute Gasteiger partial charge is 1.00 e. The number of carbonyl (C=O) groups is 2. The summed E-state index contributed by atoms with van der Waals surface area (Å²) in [6.45, 7) is 4.51. The van der Waals surface area contributed by atoms with Gasteiger partial charge in [-0.15, -0.1) is 5.10 Å². The second-order valence-corrected chi connectivity index (χ2v) is 5.05. The first-order valence-electron chi connectivity index (χ1n) is 5.45. The van der Waals surface area contributed by atoms with Crippen molar-refractivity contribution in [1.29, 1.82) is 0 Å². The zero-order valence-electron chi connectivity index (χ0n) is 11.8. The van der Waals surface area contributed by atoms with E-state index in [0.29, 0.717) is 12.5 Å². The average molecular weight is 293 g/mol. The molecule has 0 radical (unpaired) electrons. The van der Waals surface area contributed by atoms with Crippen LogP contribution in [-0.2, 0) is 0 Å². The van der Waals surface area contributed by atoms with Crippen LogP contribution < -0.4 is 34.9 Å². The zero-order chi connectivity index (χ0) is 13.7. The summed E-state index contributed by atoms with van der Waals surface area (Å²) in [6.07, 6.45) is 0. The van der Waals surface area contributed by atoms with Crippen LogP contribution in [0.25, 0.3) is 5.32 Å². The molecule has 3 amide bonds. The van der Waals surface area contributed by atoms with Crippen LogP contribution in [0.2, 0.25) is 0 Å². The molecule has 1 rings (SSSR count). The molecule has 7 nitrogen and oxygen atoms in total. The molecule has 9 heteroatoms. The monoisotopic (exact) mass is 293 g/mol. The molecule has 0 atom stereocenters. The van der Waals surface area contributed by atoms with Gasteiger partial charge in [0.05, 0.1) is 5.00 Å². The predicted molar refractivity (Wildman–Crippen MR) is 69.2 cm³/mol. The topological polar surface area (TPSA) is 89.3 Å². The number of urea groups is 1. The predicted octanol–water partition coefficient (Wildman–Crippen LogP) is -1.39. The third-order valence-corrected chi connectivity index (χ3v) is 2.56. The third kappa shape index (κ3) is 5.85. The second-order valence-electron chi connectivity index (χ2n) is 4.32. The zero-order valence-corrected chi connectivity index (χ0v) is 14.6. The molecule has 1 heterocycles. The van der Waals surface area contributed by atoms with Crippen molar-refractivity contribution in [1.82, 2.24) is 19.8 Å². The summed E-state index contributed by atoms with van der Waals surface area (Å²) in [6, 6.07) is -0.445. The standard InChI is InChI=1S/C10H17N5O2S.Na/c1-6(2)5-11-8(16)7-9(18-14-13-7)12-10(17)15(3)4;/h6H,5H2,1-4H3,(H2,11,12,14,16,17);/q;+1/p-1. The van der Waals surface area contributed by atoms with Crippen LogP contribution in [-0.4, -0.2) is 47.1 Å². The van der Waals surface area contributed by atoms with E-state index < -0.39 is 6.03 Å². The van der Waals surface area contributed by atoms with Crippen molar-refractivity contribution in [2.75, 3.05) is 20.6 Å². The molecular weight excluding hydrogens is 277 g/mol. The van der Waals surface area contributed by atoms with Gasteiger partial charge in [-0.25, -0.2) is 0 Å². The summed E-state index contributed by atoms with van der Waals surface area (Å²) >= 11 is 0.922. The van der Waals surface area contributed by atoms with Gasteiger partial charge in [0.2, 0.25) is 0 Å². The summed E-state index contributed by atoms with van der Waals surface area (Å²) in [4.78, 5) is 24.5. The van der Waals surface area contributed by atoms with Crippen molar-refractivity contribution in [3.05, 3.63) is 11.0 Å². The fourth-order valence-electron chi connectivity index (χ4n) is 0.969. The van der Waals surface area contributed by atoms with E-state index in [4.69, 9.17) is 0 Å². The van der Waals surface area contributed by atoms with E-state index in [9.17, 15) is 9.59 Å². The molecule has 0 fully saturated rings. The molecule has 19 heavy (non-hydrogen) atoms. The number of rotatable bonds is 4. The third-order valence-electron chi connectivity index (χ3n) is 1.94. The molecule has 0 unspecified atom stereocenters. The normalized spacial score (nSPS) is 9.74. The number of aromatic nitrogens is 2. The first-order valence-corrected chi connectivity index (χ1v) is 6.22. The molecule has 1 aromatic heterocycles. The number of amides is 3. The summed E-state index contributed by atoms with van der Waals surface area (Å²) in [7, 11) is 3.16. The van der Waals surface area contributed by atoms with Gasteiger partial charge < -0.3 is 15.5 Å². The minimum atomic E-state index is -0.445. The molecule has 0 aliphatic carbocycles.